The monoisotopic (exact) mass is 970 g/mol. The summed E-state index contributed by atoms with van der Waals surface area (Å²) in [5.74, 6) is -3.04. The van der Waals surface area contributed by atoms with Crippen molar-refractivity contribution in [3.8, 4) is 23.0 Å². The lowest BCUT2D eigenvalue weighted by Gasteiger charge is -2.35. The second kappa shape index (κ2) is 22.3. The maximum absolute atomic E-state index is 14.8. The standard InChI is InChI=1S/C52H66N4O10S2/c1-27(2)43-49(61)53-41(51(63)65-9)25-67-68-26-42(52(64)66-10)54-50(62)44(28(3)4)56-23-39-17-31(7)13-35(47(39)59)19-33-11-29(5)15-37(45(33)57)21-55(43)22-38-16-30(6)12-34(46(38)58)20-36-14-32(8)18-40(24-56)48(36)60/h11-18,27-28,41-44,57-60H,19-26H2,1-10H3,(H,53,61)(H,54,62)/t41-,42-,43-,44+/m0/s1. The number of carbonyl (C=O) groups excluding carboxylic acids is 4. The molecule has 0 spiro atoms. The van der Waals surface area contributed by atoms with Gasteiger partial charge in [-0.2, -0.15) is 0 Å². The van der Waals surface area contributed by atoms with Gasteiger partial charge in [0.05, 0.1) is 26.3 Å². The number of carbonyl (C=O) groups is 4. The molecule has 0 unspecified atom stereocenters. The van der Waals surface area contributed by atoms with Gasteiger partial charge in [-0.25, -0.2) is 9.59 Å². The van der Waals surface area contributed by atoms with E-state index in [1.165, 1.54) is 35.8 Å². The van der Waals surface area contributed by atoms with Gasteiger partial charge in [0.25, 0.3) is 0 Å². The highest BCUT2D eigenvalue weighted by Gasteiger charge is 2.37. The molecule has 366 valence electrons. The number of fused-ring (bicyclic) bond motifs is 11. The number of rotatable bonds is 4. The minimum Gasteiger partial charge on any atom is -0.507 e. The number of esters is 2. The number of methoxy groups -OCH3 is 2. The Balaban J connectivity index is 1.67. The third kappa shape index (κ3) is 12.1. The van der Waals surface area contributed by atoms with Crippen molar-refractivity contribution in [2.45, 2.75) is 119 Å². The van der Waals surface area contributed by atoms with E-state index < -0.39 is 47.9 Å². The first-order valence-corrected chi connectivity index (χ1v) is 25.4. The molecular formula is C52H66N4O10S2. The van der Waals surface area contributed by atoms with Gasteiger partial charge in [-0.3, -0.25) is 19.4 Å². The van der Waals surface area contributed by atoms with Gasteiger partial charge in [-0.1, -0.05) is 120 Å². The van der Waals surface area contributed by atoms with Crippen molar-refractivity contribution in [1.29, 1.82) is 0 Å². The highest BCUT2D eigenvalue weighted by Crippen LogP contribution is 2.38. The molecule has 0 saturated carbocycles. The van der Waals surface area contributed by atoms with Gasteiger partial charge >= 0.3 is 11.9 Å². The van der Waals surface area contributed by atoms with E-state index in [1.807, 2.05) is 114 Å². The predicted molar refractivity (Wildman–Crippen MR) is 266 cm³/mol. The summed E-state index contributed by atoms with van der Waals surface area (Å²) in [4.78, 5) is 60.1. The van der Waals surface area contributed by atoms with Gasteiger partial charge < -0.3 is 40.5 Å². The van der Waals surface area contributed by atoms with Crippen LogP contribution in [0.3, 0.4) is 0 Å². The number of hydrogen-bond acceptors (Lipinski definition) is 14. The molecule has 6 N–H and O–H groups in total. The zero-order valence-electron chi connectivity index (χ0n) is 40.7. The van der Waals surface area contributed by atoms with Crippen LogP contribution in [0.1, 0.15) is 94.5 Å². The number of benzene rings is 4. The van der Waals surface area contributed by atoms with Crippen LogP contribution in [-0.2, 0) is 67.7 Å². The van der Waals surface area contributed by atoms with Gasteiger partial charge in [0.15, 0.2) is 0 Å². The van der Waals surface area contributed by atoms with Gasteiger partial charge in [-0.15, -0.1) is 0 Å². The molecule has 0 radical (unpaired) electrons. The molecule has 3 aliphatic heterocycles. The molecule has 4 aromatic carbocycles. The molecule has 0 fully saturated rings. The molecule has 68 heavy (non-hydrogen) atoms. The van der Waals surface area contributed by atoms with Crippen LogP contribution >= 0.6 is 21.6 Å². The number of phenolic OH excluding ortho intramolecular Hbond substituents is 4. The van der Waals surface area contributed by atoms with Gasteiger partial charge in [-0.05, 0) is 61.8 Å². The molecule has 7 rings (SSSR count). The number of nitrogens with one attached hydrogen (secondary N) is 2. The van der Waals surface area contributed by atoms with Crippen LogP contribution in [0.25, 0.3) is 0 Å². The lowest BCUT2D eigenvalue weighted by molar-refractivity contribution is -0.145. The Hall–Kier alpha value is -5.42. The van der Waals surface area contributed by atoms with Crippen LogP contribution in [0.4, 0.5) is 0 Å². The molecule has 14 nitrogen and oxygen atoms in total. The van der Waals surface area contributed by atoms with E-state index in [1.54, 1.807) is 0 Å². The van der Waals surface area contributed by atoms with Crippen molar-refractivity contribution >= 4 is 45.3 Å². The van der Waals surface area contributed by atoms with Crippen molar-refractivity contribution in [1.82, 2.24) is 20.4 Å². The minimum absolute atomic E-state index is 0.0172. The van der Waals surface area contributed by atoms with E-state index in [0.717, 1.165) is 22.3 Å². The van der Waals surface area contributed by atoms with Crippen molar-refractivity contribution in [2.75, 3.05) is 25.7 Å². The molecule has 4 aromatic rings. The van der Waals surface area contributed by atoms with Gasteiger partial charge in [0, 0.05) is 72.8 Å². The number of amides is 2. The Morgan fingerprint density at radius 1 is 0.515 bits per heavy atom. The summed E-state index contributed by atoms with van der Waals surface area (Å²) in [7, 11) is 4.90. The van der Waals surface area contributed by atoms with Crippen LogP contribution in [0.5, 0.6) is 23.0 Å². The fourth-order valence-corrected chi connectivity index (χ4v) is 12.0. The topological polar surface area (TPSA) is 198 Å². The quantitative estimate of drug-likeness (QED) is 0.0903. The summed E-state index contributed by atoms with van der Waals surface area (Å²) in [6.45, 7) is 15.4. The fourth-order valence-electron chi connectivity index (χ4n) is 9.70. The maximum atomic E-state index is 14.8. The highest BCUT2D eigenvalue weighted by molar-refractivity contribution is 8.76. The van der Waals surface area contributed by atoms with E-state index in [0.29, 0.717) is 44.5 Å². The molecule has 0 aliphatic carbocycles. The molecule has 0 saturated heterocycles. The largest absolute Gasteiger partial charge is 0.507 e. The minimum atomic E-state index is -1.11. The molecule has 4 atom stereocenters. The lowest BCUT2D eigenvalue weighted by Crippen LogP contribution is -2.54. The maximum Gasteiger partial charge on any atom is 0.329 e. The molecule has 2 amide bonds. The summed E-state index contributed by atoms with van der Waals surface area (Å²) in [6.07, 6.45) is 0.258. The Kier molecular flexibility index (Phi) is 17.1. The van der Waals surface area contributed by atoms with Crippen LogP contribution < -0.4 is 10.6 Å². The molecule has 16 heteroatoms. The Morgan fingerprint density at radius 2 is 0.765 bits per heavy atom. The number of aromatic hydroxyl groups is 4. The zero-order valence-corrected chi connectivity index (χ0v) is 42.3. The summed E-state index contributed by atoms with van der Waals surface area (Å²) >= 11 is 0. The Morgan fingerprint density at radius 3 is 1.00 bits per heavy atom. The normalized spacial score (nSPS) is 22.0. The first-order chi connectivity index (χ1) is 32.2. The number of nitrogens with zero attached hydrogens (tertiary/aromatic N) is 2. The van der Waals surface area contributed by atoms with E-state index in [4.69, 9.17) is 9.47 Å². The molecule has 3 aliphatic rings. The second-order valence-electron chi connectivity index (χ2n) is 19.0. The SMILES string of the molecule is COC(=O)[C@@H]1CSSC[C@@H](C(=O)OC)NC(=O)[C@@H](C(C)C)N2Cc3cc(C)cc(c3O)Cc3cc(C)cc(c3O)CN(Cc3cc(C)cc(c3O)Cc3cc(C)cc(c3O)C2)[C@@H](C(C)C)C(=O)N1. The van der Waals surface area contributed by atoms with E-state index in [2.05, 4.69) is 10.6 Å². The van der Waals surface area contributed by atoms with Crippen molar-refractivity contribution in [3.05, 3.63) is 115 Å². The first kappa shape index (κ1) is 52.0. The average molecular weight is 971 g/mol. The Labute approximate surface area is 407 Å². The average Bonchev–Trinajstić information content (AvgIpc) is 3.26. The summed E-state index contributed by atoms with van der Waals surface area (Å²) in [6, 6.07) is 10.8. The summed E-state index contributed by atoms with van der Waals surface area (Å²) in [5.41, 5.74) is 7.51. The van der Waals surface area contributed by atoms with Crippen molar-refractivity contribution < 1.29 is 49.1 Å². The highest BCUT2D eigenvalue weighted by atomic mass is 33.1. The number of hydrogen-bond donors (Lipinski definition) is 6. The molecule has 3 heterocycles. The van der Waals surface area contributed by atoms with Crippen LogP contribution in [0, 0.1) is 39.5 Å². The van der Waals surface area contributed by atoms with Crippen LogP contribution in [0.15, 0.2) is 48.5 Å². The molecule has 0 aromatic heterocycles. The lowest BCUT2D eigenvalue weighted by atomic mass is 9.92. The second-order valence-corrected chi connectivity index (χ2v) is 21.6. The van der Waals surface area contributed by atoms with E-state index >= 15 is 0 Å². The number of phenols is 4. The third-order valence-corrected chi connectivity index (χ3v) is 15.1. The van der Waals surface area contributed by atoms with Gasteiger partial charge in [0.2, 0.25) is 11.8 Å². The molecule has 10 bridgehead atoms. The smallest absolute Gasteiger partial charge is 0.329 e. The predicted octanol–water partition coefficient (Wildman–Crippen LogP) is 7.00. The first-order valence-electron chi connectivity index (χ1n) is 22.9. The van der Waals surface area contributed by atoms with E-state index in [9.17, 15) is 39.6 Å². The third-order valence-electron chi connectivity index (χ3n) is 12.6. The van der Waals surface area contributed by atoms with Gasteiger partial charge in [0.1, 0.15) is 35.1 Å². The van der Waals surface area contributed by atoms with Crippen LogP contribution in [0.2, 0.25) is 0 Å². The molecular weight excluding hydrogens is 905 g/mol. The van der Waals surface area contributed by atoms with Crippen molar-refractivity contribution in [3.63, 3.8) is 0 Å². The summed E-state index contributed by atoms with van der Waals surface area (Å²) in [5, 5.41) is 54.8. The number of ether oxygens (including phenoxy) is 2. The van der Waals surface area contributed by atoms with Crippen molar-refractivity contribution in [2.24, 2.45) is 11.8 Å². The van der Waals surface area contributed by atoms with E-state index in [-0.39, 0.29) is 85.4 Å². The van der Waals surface area contributed by atoms with Crippen LogP contribution in [-0.4, -0.2) is 104 Å². The number of aryl methyl sites for hydroxylation is 4. The Bertz CT molecular complexity index is 2260. The fraction of sp³-hybridized carbons (Fsp3) is 0.462. The zero-order chi connectivity index (χ0) is 49.7. The summed E-state index contributed by atoms with van der Waals surface area (Å²) < 4.78 is 10.3.